The largest absolute Gasteiger partial charge is 0.394 e. The third-order valence-electron chi connectivity index (χ3n) is 16.0. The number of aliphatic hydroxyl groups is 2. The Morgan fingerprint density at radius 1 is 0.981 bits per heavy atom. The lowest BCUT2D eigenvalue weighted by Crippen LogP contribution is -2.62. The first-order valence-corrected chi connectivity index (χ1v) is 21.8. The van der Waals surface area contributed by atoms with E-state index in [9.17, 15) is 19.8 Å². The van der Waals surface area contributed by atoms with Crippen LogP contribution in [0, 0.1) is 58.7 Å². The number of hydrogen-bond acceptors (Lipinski definition) is 8. The summed E-state index contributed by atoms with van der Waals surface area (Å²) in [5, 5.41) is 30.1. The minimum atomic E-state index is -0.819. The SMILES string of the molecule is COC1C(CN2O[C@@H](CO)[C@H]([C@H](C)O)[C@H]2C(=O)N[C@H]2C[C@H]3C[C@@H]([C@@H]2C)C3(C)C)CCCC1C1CC(C(=O)N[C@H](C)CC2CCCCC2)CC(N(C)C)C1. The predicted molar refractivity (Wildman–Crippen MR) is 207 cm³/mol. The van der Waals surface area contributed by atoms with Crippen molar-refractivity contribution in [2.45, 2.75) is 167 Å². The number of rotatable bonds is 13. The zero-order valence-corrected chi connectivity index (χ0v) is 34.5. The summed E-state index contributed by atoms with van der Waals surface area (Å²) in [5.74, 6) is 2.67. The highest BCUT2D eigenvalue weighted by Crippen LogP contribution is 2.61. The maximum Gasteiger partial charge on any atom is 0.240 e. The molecular weight excluding hydrogens is 668 g/mol. The van der Waals surface area contributed by atoms with Crippen molar-refractivity contribution in [3.63, 3.8) is 0 Å². The van der Waals surface area contributed by atoms with E-state index in [-0.39, 0.29) is 48.4 Å². The highest BCUT2D eigenvalue weighted by molar-refractivity contribution is 5.83. The van der Waals surface area contributed by atoms with Gasteiger partial charge in [-0.25, -0.2) is 0 Å². The summed E-state index contributed by atoms with van der Waals surface area (Å²) >= 11 is 0. The number of carbonyl (C=O) groups is 2. The van der Waals surface area contributed by atoms with Crippen LogP contribution >= 0.6 is 0 Å². The zero-order chi connectivity index (χ0) is 38.2. The molecule has 0 aromatic rings. The van der Waals surface area contributed by atoms with E-state index in [0.29, 0.717) is 47.6 Å². The molecule has 304 valence electrons. The van der Waals surface area contributed by atoms with Crippen LogP contribution in [0.5, 0.6) is 0 Å². The molecule has 2 amide bonds. The minimum Gasteiger partial charge on any atom is -0.394 e. The zero-order valence-electron chi connectivity index (χ0n) is 34.5. The Bertz CT molecular complexity index is 1230. The molecule has 4 N–H and O–H groups in total. The fraction of sp³-hybridized carbons (Fsp3) is 0.953. The minimum absolute atomic E-state index is 0.0151. The van der Waals surface area contributed by atoms with Gasteiger partial charge in [0.1, 0.15) is 12.1 Å². The van der Waals surface area contributed by atoms with Crippen molar-refractivity contribution in [3.05, 3.63) is 0 Å². The highest BCUT2D eigenvalue weighted by Gasteiger charge is 2.58. The molecule has 7 fully saturated rings. The van der Waals surface area contributed by atoms with Gasteiger partial charge in [-0.05, 0) is 120 Å². The first-order valence-electron chi connectivity index (χ1n) is 21.8. The van der Waals surface area contributed by atoms with Crippen LogP contribution in [0.4, 0.5) is 0 Å². The summed E-state index contributed by atoms with van der Waals surface area (Å²) in [6, 6.07) is -0.0554. The standard InChI is InChI=1S/C43H76N4O6/c1-25(17-28-13-10-9-11-14-28)44-41(50)31-18-30(19-33(20-31)46(6)7)34-16-12-15-29(40(34)52-8)23-47-39(38(27(3)49)37(24-48)53-47)42(51)45-36-22-32-21-35(26(36)2)43(32,4)5/h25-40,48-49H,9-24H2,1-8H3,(H,44,50)(H,45,51)/t25-,26+,27+,29?,30?,31?,32-,33?,34?,35+,36+,37+,38+,39+,40?/m1/s1. The van der Waals surface area contributed by atoms with E-state index in [1.165, 1.54) is 38.5 Å². The number of nitrogens with one attached hydrogen (secondary N) is 2. The van der Waals surface area contributed by atoms with E-state index >= 15 is 0 Å². The normalized spacial score (nSPS) is 41.8. The number of hydroxylamine groups is 2. The van der Waals surface area contributed by atoms with Crippen LogP contribution in [0.2, 0.25) is 0 Å². The molecule has 0 spiro atoms. The molecule has 6 unspecified atom stereocenters. The van der Waals surface area contributed by atoms with E-state index in [1.54, 1.807) is 12.0 Å². The van der Waals surface area contributed by atoms with Crippen LogP contribution in [-0.2, 0) is 19.2 Å². The van der Waals surface area contributed by atoms with Gasteiger partial charge in [-0.3, -0.25) is 14.4 Å². The van der Waals surface area contributed by atoms with Crippen molar-refractivity contribution in [2.24, 2.45) is 58.7 Å². The van der Waals surface area contributed by atoms with Gasteiger partial charge in [0.05, 0.1) is 18.8 Å². The lowest BCUT2D eigenvalue weighted by molar-refractivity contribution is -0.193. The van der Waals surface area contributed by atoms with Gasteiger partial charge in [0, 0.05) is 49.5 Å². The van der Waals surface area contributed by atoms with E-state index in [2.05, 4.69) is 57.3 Å². The Morgan fingerprint density at radius 2 is 1.72 bits per heavy atom. The summed E-state index contributed by atoms with van der Waals surface area (Å²) in [7, 11) is 6.12. The van der Waals surface area contributed by atoms with E-state index in [0.717, 1.165) is 57.3 Å². The van der Waals surface area contributed by atoms with Crippen LogP contribution in [0.25, 0.3) is 0 Å². The van der Waals surface area contributed by atoms with Crippen LogP contribution in [0.3, 0.4) is 0 Å². The summed E-state index contributed by atoms with van der Waals surface area (Å²) in [4.78, 5) is 36.9. The number of ether oxygens (including phenoxy) is 1. The second kappa shape index (κ2) is 17.5. The molecule has 2 bridgehead atoms. The monoisotopic (exact) mass is 745 g/mol. The molecule has 7 rings (SSSR count). The number of nitrogens with zero attached hydrogens (tertiary/aromatic N) is 2. The summed E-state index contributed by atoms with van der Waals surface area (Å²) in [5.41, 5.74) is 0.321. The molecule has 1 aliphatic heterocycles. The predicted octanol–water partition coefficient (Wildman–Crippen LogP) is 5.40. The molecule has 6 aliphatic carbocycles. The Kier molecular flexibility index (Phi) is 13.6. The van der Waals surface area contributed by atoms with Crippen molar-refractivity contribution in [1.82, 2.24) is 20.6 Å². The molecule has 1 saturated heterocycles. The summed E-state index contributed by atoms with van der Waals surface area (Å²) in [6.07, 6.45) is 14.3. The van der Waals surface area contributed by atoms with Gasteiger partial charge in [-0.1, -0.05) is 59.3 Å². The number of amides is 2. The highest BCUT2D eigenvalue weighted by atomic mass is 16.7. The van der Waals surface area contributed by atoms with Gasteiger partial charge < -0.3 is 30.5 Å². The number of aliphatic hydroxyl groups excluding tert-OH is 2. The maximum atomic E-state index is 14.3. The summed E-state index contributed by atoms with van der Waals surface area (Å²) in [6.45, 7) is 11.2. The number of hydrogen-bond donors (Lipinski definition) is 4. The molecule has 6 saturated carbocycles. The number of methoxy groups -OCH3 is 1. The fourth-order valence-corrected chi connectivity index (χ4v) is 12.8. The molecule has 0 aromatic carbocycles. The summed E-state index contributed by atoms with van der Waals surface area (Å²) < 4.78 is 6.42. The van der Waals surface area contributed by atoms with Crippen molar-refractivity contribution < 1.29 is 29.4 Å². The van der Waals surface area contributed by atoms with E-state index in [1.807, 2.05) is 7.11 Å². The Morgan fingerprint density at radius 3 is 2.34 bits per heavy atom. The average molecular weight is 745 g/mol. The van der Waals surface area contributed by atoms with E-state index < -0.39 is 24.2 Å². The average Bonchev–Trinajstić information content (AvgIpc) is 3.50. The van der Waals surface area contributed by atoms with Gasteiger partial charge in [-0.2, -0.15) is 5.06 Å². The van der Waals surface area contributed by atoms with Crippen molar-refractivity contribution in [2.75, 3.05) is 34.4 Å². The van der Waals surface area contributed by atoms with Gasteiger partial charge >= 0.3 is 0 Å². The number of carbonyl (C=O) groups excluding carboxylic acids is 2. The van der Waals surface area contributed by atoms with Crippen LogP contribution in [0.15, 0.2) is 0 Å². The van der Waals surface area contributed by atoms with Gasteiger partial charge in [-0.15, -0.1) is 0 Å². The molecule has 10 nitrogen and oxygen atoms in total. The maximum absolute atomic E-state index is 14.3. The lowest BCUT2D eigenvalue weighted by atomic mass is 9.45. The van der Waals surface area contributed by atoms with Crippen molar-refractivity contribution in [3.8, 4) is 0 Å². The fourth-order valence-electron chi connectivity index (χ4n) is 12.8. The molecule has 0 aromatic heterocycles. The molecular formula is C43H76N4O6. The van der Waals surface area contributed by atoms with Gasteiger partial charge in [0.2, 0.25) is 11.8 Å². The van der Waals surface area contributed by atoms with Crippen molar-refractivity contribution >= 4 is 11.8 Å². The van der Waals surface area contributed by atoms with E-state index in [4.69, 9.17) is 9.57 Å². The Labute approximate surface area is 321 Å². The van der Waals surface area contributed by atoms with Crippen LogP contribution in [-0.4, -0.2) is 109 Å². The van der Waals surface area contributed by atoms with Gasteiger partial charge in [0.25, 0.3) is 0 Å². The van der Waals surface area contributed by atoms with Crippen LogP contribution in [0.1, 0.15) is 125 Å². The van der Waals surface area contributed by atoms with Crippen molar-refractivity contribution in [1.29, 1.82) is 0 Å². The Balaban J connectivity index is 1.14. The topological polar surface area (TPSA) is 124 Å². The first kappa shape index (κ1) is 41.3. The quantitative estimate of drug-likeness (QED) is 0.198. The lowest BCUT2D eigenvalue weighted by Gasteiger charge is -2.62. The molecule has 15 atom stereocenters. The smallest absolute Gasteiger partial charge is 0.240 e. The Hall–Kier alpha value is -1.30. The molecule has 53 heavy (non-hydrogen) atoms. The second-order valence-corrected chi connectivity index (χ2v) is 19.7. The molecule has 10 heteroatoms. The molecule has 1 heterocycles. The number of fused-ring (bicyclic) bond motifs is 2. The van der Waals surface area contributed by atoms with Crippen LogP contribution < -0.4 is 10.6 Å². The molecule has 0 radical (unpaired) electrons. The third kappa shape index (κ3) is 8.83. The third-order valence-corrected chi connectivity index (χ3v) is 16.0. The first-order chi connectivity index (χ1) is 25.2. The molecule has 7 aliphatic rings. The second-order valence-electron chi connectivity index (χ2n) is 19.7. The van der Waals surface area contributed by atoms with Gasteiger partial charge in [0.15, 0.2) is 0 Å².